The molecule has 7 nitrogen and oxygen atoms in total. The number of amides is 2. The molecule has 0 atom stereocenters. The second kappa shape index (κ2) is 5.11. The highest BCUT2D eigenvalue weighted by molar-refractivity contribution is 7.90. The van der Waals surface area contributed by atoms with Gasteiger partial charge in [0.15, 0.2) is 9.84 Å². The minimum atomic E-state index is -3.30. The van der Waals surface area contributed by atoms with Gasteiger partial charge in [-0.2, -0.15) is 5.10 Å². The summed E-state index contributed by atoms with van der Waals surface area (Å²) in [6.07, 6.45) is 4.08. The molecule has 8 heteroatoms. The van der Waals surface area contributed by atoms with E-state index in [2.05, 4.69) is 20.8 Å². The first-order chi connectivity index (χ1) is 8.95. The zero-order valence-corrected chi connectivity index (χ0v) is 10.9. The third-order valence-corrected chi connectivity index (χ3v) is 3.39. The van der Waals surface area contributed by atoms with Crippen molar-refractivity contribution in [2.75, 3.05) is 16.9 Å². The van der Waals surface area contributed by atoms with Crippen LogP contribution in [0.4, 0.5) is 16.2 Å². The number of urea groups is 1. The first-order valence-electron chi connectivity index (χ1n) is 5.32. The lowest BCUT2D eigenvalue weighted by atomic mass is 10.3. The first kappa shape index (κ1) is 13.1. The van der Waals surface area contributed by atoms with E-state index in [1.54, 1.807) is 12.1 Å². The molecule has 0 aliphatic carbocycles. The van der Waals surface area contributed by atoms with Gasteiger partial charge in [0.05, 0.1) is 16.8 Å². The SMILES string of the molecule is CS(=O)(=O)c1cccc(NC(=O)Nc2cn[nH]c2)c1. The van der Waals surface area contributed by atoms with Crippen LogP contribution in [0.5, 0.6) is 0 Å². The van der Waals surface area contributed by atoms with Gasteiger partial charge in [0.2, 0.25) is 0 Å². The summed E-state index contributed by atoms with van der Waals surface area (Å²) >= 11 is 0. The average Bonchev–Trinajstić information content (AvgIpc) is 2.80. The molecule has 1 heterocycles. The molecular formula is C11H12N4O3S. The topological polar surface area (TPSA) is 104 Å². The Morgan fingerprint density at radius 1 is 1.26 bits per heavy atom. The maximum Gasteiger partial charge on any atom is 0.323 e. The molecule has 2 amide bonds. The van der Waals surface area contributed by atoms with Crippen LogP contribution in [-0.2, 0) is 9.84 Å². The molecule has 0 aliphatic rings. The summed E-state index contributed by atoms with van der Waals surface area (Å²) in [6, 6.07) is 5.54. The fourth-order valence-corrected chi connectivity index (χ4v) is 2.08. The Hall–Kier alpha value is -2.35. The van der Waals surface area contributed by atoms with Gasteiger partial charge < -0.3 is 10.6 Å². The molecule has 0 radical (unpaired) electrons. The molecule has 0 saturated carbocycles. The quantitative estimate of drug-likeness (QED) is 0.791. The smallest absolute Gasteiger partial charge is 0.308 e. The molecular weight excluding hydrogens is 268 g/mol. The van der Waals surface area contributed by atoms with Gasteiger partial charge in [-0.05, 0) is 18.2 Å². The van der Waals surface area contributed by atoms with Crippen molar-refractivity contribution in [2.24, 2.45) is 0 Å². The highest BCUT2D eigenvalue weighted by atomic mass is 32.2. The van der Waals surface area contributed by atoms with Gasteiger partial charge in [0.25, 0.3) is 0 Å². The number of nitrogens with one attached hydrogen (secondary N) is 3. The van der Waals surface area contributed by atoms with Gasteiger partial charge >= 0.3 is 6.03 Å². The number of rotatable bonds is 3. The predicted octanol–water partition coefficient (Wildman–Crippen LogP) is 1.46. The van der Waals surface area contributed by atoms with Crippen LogP contribution >= 0.6 is 0 Å². The number of hydrogen-bond donors (Lipinski definition) is 3. The minimum Gasteiger partial charge on any atom is -0.308 e. The number of nitrogens with zero attached hydrogens (tertiary/aromatic N) is 1. The third-order valence-electron chi connectivity index (χ3n) is 2.28. The number of carbonyl (C=O) groups excluding carboxylic acids is 1. The number of benzene rings is 1. The largest absolute Gasteiger partial charge is 0.323 e. The Morgan fingerprint density at radius 3 is 2.63 bits per heavy atom. The molecule has 0 fully saturated rings. The summed E-state index contributed by atoms with van der Waals surface area (Å²) in [7, 11) is -3.30. The molecule has 100 valence electrons. The summed E-state index contributed by atoms with van der Waals surface area (Å²) in [5.41, 5.74) is 0.903. The summed E-state index contributed by atoms with van der Waals surface area (Å²) in [5.74, 6) is 0. The van der Waals surface area contributed by atoms with Crippen LogP contribution in [0.15, 0.2) is 41.6 Å². The number of anilines is 2. The van der Waals surface area contributed by atoms with E-state index in [-0.39, 0.29) is 4.90 Å². The van der Waals surface area contributed by atoms with Crippen LogP contribution in [0.3, 0.4) is 0 Å². The second-order valence-corrected chi connectivity index (χ2v) is 5.88. The highest BCUT2D eigenvalue weighted by Gasteiger charge is 2.09. The van der Waals surface area contributed by atoms with Crippen LogP contribution in [0, 0.1) is 0 Å². The summed E-state index contributed by atoms with van der Waals surface area (Å²) in [6.45, 7) is 0. The number of H-pyrrole nitrogens is 1. The fraction of sp³-hybridized carbons (Fsp3) is 0.0909. The predicted molar refractivity (Wildman–Crippen MR) is 70.8 cm³/mol. The van der Waals surface area contributed by atoms with Gasteiger partial charge in [-0.3, -0.25) is 5.10 Å². The van der Waals surface area contributed by atoms with E-state index in [0.717, 1.165) is 6.26 Å². The van der Waals surface area contributed by atoms with Crippen molar-refractivity contribution in [3.05, 3.63) is 36.7 Å². The van der Waals surface area contributed by atoms with Crippen molar-refractivity contribution in [1.29, 1.82) is 0 Å². The molecule has 0 aliphatic heterocycles. The van der Waals surface area contributed by atoms with E-state index in [1.165, 1.54) is 24.5 Å². The Balaban J connectivity index is 2.09. The summed E-state index contributed by atoms with van der Waals surface area (Å²) < 4.78 is 22.8. The fourth-order valence-electron chi connectivity index (χ4n) is 1.42. The maximum atomic E-state index is 11.6. The molecule has 3 N–H and O–H groups in total. The zero-order valence-electron chi connectivity index (χ0n) is 10.0. The van der Waals surface area contributed by atoms with E-state index in [1.807, 2.05) is 0 Å². The lowest BCUT2D eigenvalue weighted by Gasteiger charge is -2.07. The standard InChI is InChI=1S/C11H12N4O3S/c1-19(17,18)10-4-2-3-8(5-10)14-11(16)15-9-6-12-13-7-9/h2-7H,1H3,(H,12,13)(H2,14,15,16). The number of sulfone groups is 1. The number of aromatic amines is 1. The van der Waals surface area contributed by atoms with Gasteiger partial charge in [0, 0.05) is 18.1 Å². The van der Waals surface area contributed by atoms with Gasteiger partial charge in [0.1, 0.15) is 0 Å². The Bertz CT molecular complexity index is 680. The van der Waals surface area contributed by atoms with Crippen molar-refractivity contribution < 1.29 is 13.2 Å². The van der Waals surface area contributed by atoms with Crippen LogP contribution in [0.2, 0.25) is 0 Å². The molecule has 0 unspecified atom stereocenters. The lowest BCUT2D eigenvalue weighted by Crippen LogP contribution is -2.19. The maximum absolute atomic E-state index is 11.6. The second-order valence-electron chi connectivity index (χ2n) is 3.87. The van der Waals surface area contributed by atoms with Gasteiger partial charge in [-0.25, -0.2) is 13.2 Å². The minimum absolute atomic E-state index is 0.147. The molecule has 1 aromatic heterocycles. The van der Waals surface area contributed by atoms with Crippen molar-refractivity contribution >= 4 is 27.2 Å². The monoisotopic (exact) mass is 280 g/mol. The third kappa shape index (κ3) is 3.55. The van der Waals surface area contributed by atoms with Crippen molar-refractivity contribution in [2.45, 2.75) is 4.90 Å². The highest BCUT2D eigenvalue weighted by Crippen LogP contribution is 2.15. The van der Waals surface area contributed by atoms with Crippen LogP contribution in [-0.4, -0.2) is 30.9 Å². The zero-order chi connectivity index (χ0) is 13.9. The normalized spacial score (nSPS) is 11.0. The number of carbonyl (C=O) groups is 1. The van der Waals surface area contributed by atoms with Crippen molar-refractivity contribution in [3.63, 3.8) is 0 Å². The molecule has 2 rings (SSSR count). The molecule has 0 bridgehead atoms. The molecule has 2 aromatic rings. The Morgan fingerprint density at radius 2 is 2.00 bits per heavy atom. The number of hydrogen-bond acceptors (Lipinski definition) is 4. The van der Waals surface area contributed by atoms with E-state index in [0.29, 0.717) is 11.4 Å². The van der Waals surface area contributed by atoms with Crippen molar-refractivity contribution in [1.82, 2.24) is 10.2 Å². The Labute approximate surface area is 110 Å². The van der Waals surface area contributed by atoms with Crippen molar-refractivity contribution in [3.8, 4) is 0 Å². The van der Waals surface area contributed by atoms with E-state index < -0.39 is 15.9 Å². The van der Waals surface area contributed by atoms with Gasteiger partial charge in [-0.1, -0.05) is 6.07 Å². The van der Waals surface area contributed by atoms with Crippen LogP contribution in [0.1, 0.15) is 0 Å². The van der Waals surface area contributed by atoms with Gasteiger partial charge in [-0.15, -0.1) is 0 Å². The average molecular weight is 280 g/mol. The Kier molecular flexibility index (Phi) is 3.52. The molecule has 0 saturated heterocycles. The van der Waals surface area contributed by atoms with E-state index in [9.17, 15) is 13.2 Å². The number of aromatic nitrogens is 2. The summed E-state index contributed by atoms with van der Waals surface area (Å²) in [5, 5.41) is 11.3. The summed E-state index contributed by atoms with van der Waals surface area (Å²) in [4.78, 5) is 11.8. The molecule has 0 spiro atoms. The molecule has 1 aromatic carbocycles. The molecule has 19 heavy (non-hydrogen) atoms. The van der Waals surface area contributed by atoms with Crippen LogP contribution < -0.4 is 10.6 Å². The van der Waals surface area contributed by atoms with E-state index >= 15 is 0 Å². The van der Waals surface area contributed by atoms with E-state index in [4.69, 9.17) is 0 Å². The van der Waals surface area contributed by atoms with Crippen LogP contribution in [0.25, 0.3) is 0 Å². The lowest BCUT2D eigenvalue weighted by molar-refractivity contribution is 0.262. The first-order valence-corrected chi connectivity index (χ1v) is 7.21.